The summed E-state index contributed by atoms with van der Waals surface area (Å²) in [6, 6.07) is 0.119. The van der Waals surface area contributed by atoms with Gasteiger partial charge in [0.25, 0.3) is 0 Å². The lowest BCUT2D eigenvalue weighted by molar-refractivity contribution is -0.143. The maximum absolute atomic E-state index is 12.5. The van der Waals surface area contributed by atoms with Crippen LogP contribution in [0.2, 0.25) is 0 Å². The van der Waals surface area contributed by atoms with Crippen LogP contribution in [0.5, 0.6) is 0 Å². The normalized spacial score (nSPS) is 34.9. The van der Waals surface area contributed by atoms with Crippen LogP contribution in [0.4, 0.5) is 0 Å². The molecule has 0 aromatic heterocycles. The maximum atomic E-state index is 12.5. The number of hydrogen-bond acceptors (Lipinski definition) is 4. The van der Waals surface area contributed by atoms with Gasteiger partial charge in [-0.25, -0.2) is 0 Å². The number of hydrogen-bond donors (Lipinski definition) is 1. The lowest BCUT2D eigenvalue weighted by atomic mass is 9.80. The van der Waals surface area contributed by atoms with E-state index >= 15 is 0 Å². The van der Waals surface area contributed by atoms with E-state index in [1.54, 1.807) is 4.90 Å². The Bertz CT molecular complexity index is 426. The van der Waals surface area contributed by atoms with Gasteiger partial charge in [-0.1, -0.05) is 24.4 Å². The number of fused-ring (bicyclic) bond motifs is 1. The molecule has 1 saturated heterocycles. The summed E-state index contributed by atoms with van der Waals surface area (Å²) >= 11 is 0. The summed E-state index contributed by atoms with van der Waals surface area (Å²) in [4.78, 5) is 26.5. The van der Waals surface area contributed by atoms with Crippen molar-refractivity contribution in [1.29, 1.82) is 0 Å². The molecule has 3 fully saturated rings. The van der Waals surface area contributed by atoms with Gasteiger partial charge in [-0.3, -0.25) is 14.5 Å². The Hall–Kier alpha value is -1.39. The minimum Gasteiger partial charge on any atom is -0.411 e. The Balaban J connectivity index is 1.80. The first-order chi connectivity index (χ1) is 9.22. The first-order valence-corrected chi connectivity index (χ1v) is 7.29. The topological polar surface area (TPSA) is 70.0 Å². The molecule has 0 spiro atoms. The third-order valence-electron chi connectivity index (χ3n) is 4.88. The molecule has 2 atom stereocenters. The van der Waals surface area contributed by atoms with E-state index in [-0.39, 0.29) is 29.7 Å². The standard InChI is InChI=1S/C14H20N2O3/c17-13-11-7-6-9(15-19)8-12(11)14(18)16(13)10-4-2-1-3-5-10/h10-12,19H,1-8H2/t11-,12-/m1/s1. The smallest absolute Gasteiger partial charge is 0.233 e. The van der Waals surface area contributed by atoms with Crippen molar-refractivity contribution in [3.05, 3.63) is 0 Å². The van der Waals surface area contributed by atoms with Crippen LogP contribution in [0.15, 0.2) is 5.16 Å². The Morgan fingerprint density at radius 2 is 1.68 bits per heavy atom. The van der Waals surface area contributed by atoms with Crippen molar-refractivity contribution < 1.29 is 14.8 Å². The summed E-state index contributed by atoms with van der Waals surface area (Å²) < 4.78 is 0. The van der Waals surface area contributed by atoms with E-state index in [2.05, 4.69) is 5.16 Å². The molecule has 0 bridgehead atoms. The zero-order valence-electron chi connectivity index (χ0n) is 11.0. The maximum Gasteiger partial charge on any atom is 0.233 e. The monoisotopic (exact) mass is 264 g/mol. The van der Waals surface area contributed by atoms with Crippen LogP contribution in [-0.4, -0.2) is 33.7 Å². The number of carbonyl (C=O) groups is 2. The molecule has 0 aromatic carbocycles. The number of carbonyl (C=O) groups excluding carboxylic acids is 2. The molecule has 5 nitrogen and oxygen atoms in total. The molecule has 1 heterocycles. The molecular formula is C14H20N2O3. The van der Waals surface area contributed by atoms with E-state index in [1.165, 1.54) is 6.42 Å². The summed E-state index contributed by atoms with van der Waals surface area (Å²) in [6.45, 7) is 0. The van der Waals surface area contributed by atoms with Gasteiger partial charge in [0.15, 0.2) is 0 Å². The van der Waals surface area contributed by atoms with Gasteiger partial charge >= 0.3 is 0 Å². The second kappa shape index (κ2) is 4.94. The molecule has 0 unspecified atom stereocenters. The second-order valence-corrected chi connectivity index (χ2v) is 5.96. The van der Waals surface area contributed by atoms with Crippen molar-refractivity contribution in [3.8, 4) is 0 Å². The SMILES string of the molecule is O=C1[C@@H]2CCC(=NO)C[C@H]2C(=O)N1C1CCCCC1. The highest BCUT2D eigenvalue weighted by Crippen LogP contribution is 2.40. The molecule has 1 aliphatic heterocycles. The van der Waals surface area contributed by atoms with Gasteiger partial charge in [0.2, 0.25) is 11.8 Å². The summed E-state index contributed by atoms with van der Waals surface area (Å²) in [5, 5.41) is 12.1. The highest BCUT2D eigenvalue weighted by molar-refractivity contribution is 6.08. The van der Waals surface area contributed by atoms with Crippen molar-refractivity contribution in [2.75, 3.05) is 0 Å². The van der Waals surface area contributed by atoms with Gasteiger partial charge in [-0.05, 0) is 25.7 Å². The van der Waals surface area contributed by atoms with E-state index in [1.807, 2.05) is 0 Å². The van der Waals surface area contributed by atoms with Crippen LogP contribution < -0.4 is 0 Å². The minimum absolute atomic E-state index is 0.0252. The molecule has 19 heavy (non-hydrogen) atoms. The minimum atomic E-state index is -0.269. The zero-order chi connectivity index (χ0) is 13.4. The van der Waals surface area contributed by atoms with E-state index in [4.69, 9.17) is 5.21 Å². The third-order valence-corrected chi connectivity index (χ3v) is 4.88. The Labute approximate surface area is 112 Å². The van der Waals surface area contributed by atoms with Gasteiger partial charge < -0.3 is 5.21 Å². The molecule has 2 aliphatic carbocycles. The van der Waals surface area contributed by atoms with E-state index < -0.39 is 0 Å². The van der Waals surface area contributed by atoms with E-state index in [0.717, 1.165) is 25.7 Å². The molecule has 3 aliphatic rings. The summed E-state index contributed by atoms with van der Waals surface area (Å²) in [5.41, 5.74) is 0.660. The fourth-order valence-electron chi connectivity index (χ4n) is 3.83. The van der Waals surface area contributed by atoms with Crippen molar-refractivity contribution in [3.63, 3.8) is 0 Å². The number of likely N-dealkylation sites (tertiary alicyclic amines) is 1. The quantitative estimate of drug-likeness (QED) is 0.447. The van der Waals surface area contributed by atoms with E-state index in [9.17, 15) is 9.59 Å². The molecule has 3 rings (SSSR count). The fraction of sp³-hybridized carbons (Fsp3) is 0.786. The average molecular weight is 264 g/mol. The van der Waals surface area contributed by atoms with Gasteiger partial charge in [0.05, 0.1) is 17.5 Å². The number of nitrogens with zero attached hydrogens (tertiary/aromatic N) is 2. The molecule has 2 saturated carbocycles. The predicted octanol–water partition coefficient (Wildman–Crippen LogP) is 1.93. The fourth-order valence-corrected chi connectivity index (χ4v) is 3.83. The average Bonchev–Trinajstić information content (AvgIpc) is 2.71. The van der Waals surface area contributed by atoms with Gasteiger partial charge in [-0.2, -0.15) is 0 Å². The second-order valence-electron chi connectivity index (χ2n) is 5.96. The highest BCUT2D eigenvalue weighted by atomic mass is 16.4. The lowest BCUT2D eigenvalue weighted by Crippen LogP contribution is -2.41. The largest absolute Gasteiger partial charge is 0.411 e. The number of imide groups is 1. The molecule has 0 radical (unpaired) electrons. The summed E-state index contributed by atoms with van der Waals surface area (Å²) in [7, 11) is 0. The first-order valence-electron chi connectivity index (χ1n) is 7.29. The van der Waals surface area contributed by atoms with Gasteiger partial charge in [0.1, 0.15) is 0 Å². The number of oxime groups is 1. The van der Waals surface area contributed by atoms with Crippen molar-refractivity contribution in [1.82, 2.24) is 4.90 Å². The highest BCUT2D eigenvalue weighted by Gasteiger charge is 2.51. The molecule has 1 N–H and O–H groups in total. The first kappa shape index (κ1) is 12.6. The van der Waals surface area contributed by atoms with Crippen LogP contribution in [0.1, 0.15) is 51.4 Å². The third kappa shape index (κ3) is 2.05. The van der Waals surface area contributed by atoms with Gasteiger partial charge in [-0.15, -0.1) is 0 Å². The predicted molar refractivity (Wildman–Crippen MR) is 68.8 cm³/mol. The van der Waals surface area contributed by atoms with E-state index in [0.29, 0.717) is 25.0 Å². The van der Waals surface area contributed by atoms with Crippen molar-refractivity contribution >= 4 is 17.5 Å². The Morgan fingerprint density at radius 1 is 1.00 bits per heavy atom. The molecule has 5 heteroatoms. The molecule has 104 valence electrons. The molecule has 2 amide bonds. The van der Waals surface area contributed by atoms with Crippen LogP contribution in [0, 0.1) is 11.8 Å². The van der Waals surface area contributed by atoms with Crippen molar-refractivity contribution in [2.24, 2.45) is 17.0 Å². The van der Waals surface area contributed by atoms with Crippen molar-refractivity contribution in [2.45, 2.75) is 57.4 Å². The van der Waals surface area contributed by atoms with Crippen LogP contribution in [-0.2, 0) is 9.59 Å². The molecular weight excluding hydrogens is 244 g/mol. The Kier molecular flexibility index (Phi) is 3.29. The van der Waals surface area contributed by atoms with Gasteiger partial charge in [0, 0.05) is 12.5 Å². The van der Waals surface area contributed by atoms with Crippen LogP contribution >= 0.6 is 0 Å². The summed E-state index contributed by atoms with van der Waals surface area (Å²) in [5.74, 6) is -0.435. The summed E-state index contributed by atoms with van der Waals surface area (Å²) in [6.07, 6.45) is 7.08. The number of amides is 2. The number of rotatable bonds is 1. The van der Waals surface area contributed by atoms with Crippen LogP contribution in [0.25, 0.3) is 0 Å². The zero-order valence-corrected chi connectivity index (χ0v) is 11.0. The Morgan fingerprint density at radius 3 is 2.37 bits per heavy atom. The van der Waals surface area contributed by atoms with Crippen LogP contribution in [0.3, 0.4) is 0 Å². The molecule has 0 aromatic rings. The lowest BCUT2D eigenvalue weighted by Gasteiger charge is -2.29.